The second-order valence-corrected chi connectivity index (χ2v) is 8.87. The maximum absolute atomic E-state index is 12.7. The van der Waals surface area contributed by atoms with Crippen molar-refractivity contribution in [2.24, 2.45) is 5.92 Å². The summed E-state index contributed by atoms with van der Waals surface area (Å²) >= 11 is 0. The molecule has 1 aliphatic carbocycles. The molecule has 0 bridgehead atoms. The number of nitrogens with one attached hydrogen (secondary N) is 1. The SMILES string of the molecule is CCN(CC)C(=O)c1cn(C2CCC(NC(=O)[C@H]3CCOC(C)(C)C3)CC2)nn1. The number of amides is 2. The van der Waals surface area contributed by atoms with Crippen molar-refractivity contribution in [3.05, 3.63) is 11.9 Å². The van der Waals surface area contributed by atoms with Gasteiger partial charge in [0, 0.05) is 31.7 Å². The normalized spacial score (nSPS) is 26.7. The van der Waals surface area contributed by atoms with Crippen molar-refractivity contribution in [3.8, 4) is 0 Å². The minimum absolute atomic E-state index is 0.0421. The number of hydrogen-bond acceptors (Lipinski definition) is 5. The molecule has 8 heteroatoms. The summed E-state index contributed by atoms with van der Waals surface area (Å²) in [6.45, 7) is 10.0. The lowest BCUT2D eigenvalue weighted by Crippen LogP contribution is -2.45. The van der Waals surface area contributed by atoms with Gasteiger partial charge in [-0.15, -0.1) is 5.10 Å². The molecule has 0 aromatic carbocycles. The molecule has 0 unspecified atom stereocenters. The Bertz CT molecular complexity index is 705. The first-order valence-corrected chi connectivity index (χ1v) is 11.0. The van der Waals surface area contributed by atoms with E-state index in [9.17, 15) is 9.59 Å². The van der Waals surface area contributed by atoms with Crippen molar-refractivity contribution in [1.29, 1.82) is 0 Å². The van der Waals surface area contributed by atoms with E-state index in [0.717, 1.165) is 38.5 Å². The Hall–Kier alpha value is -1.96. The van der Waals surface area contributed by atoms with Gasteiger partial charge in [-0.3, -0.25) is 9.59 Å². The van der Waals surface area contributed by atoms with E-state index in [2.05, 4.69) is 29.5 Å². The van der Waals surface area contributed by atoms with Crippen LogP contribution in [-0.4, -0.2) is 63.0 Å². The van der Waals surface area contributed by atoms with Crippen molar-refractivity contribution >= 4 is 11.8 Å². The Morgan fingerprint density at radius 3 is 2.52 bits per heavy atom. The van der Waals surface area contributed by atoms with Crippen molar-refractivity contribution in [3.63, 3.8) is 0 Å². The fourth-order valence-electron chi connectivity index (χ4n) is 4.49. The molecule has 2 heterocycles. The van der Waals surface area contributed by atoms with E-state index >= 15 is 0 Å². The fourth-order valence-corrected chi connectivity index (χ4v) is 4.49. The van der Waals surface area contributed by atoms with Crippen LogP contribution in [0.2, 0.25) is 0 Å². The van der Waals surface area contributed by atoms with E-state index in [1.165, 1.54) is 0 Å². The van der Waals surface area contributed by atoms with E-state index in [0.29, 0.717) is 25.4 Å². The lowest BCUT2D eigenvalue weighted by Gasteiger charge is -2.36. The molecule has 29 heavy (non-hydrogen) atoms. The summed E-state index contributed by atoms with van der Waals surface area (Å²) in [7, 11) is 0. The topological polar surface area (TPSA) is 89.4 Å². The Balaban J connectivity index is 1.49. The van der Waals surface area contributed by atoms with E-state index in [1.54, 1.807) is 11.1 Å². The zero-order chi connectivity index (χ0) is 21.0. The molecular weight excluding hydrogens is 370 g/mol. The molecule has 1 aromatic heterocycles. The Morgan fingerprint density at radius 1 is 1.21 bits per heavy atom. The second kappa shape index (κ2) is 9.24. The van der Waals surface area contributed by atoms with Gasteiger partial charge in [0.15, 0.2) is 5.69 Å². The van der Waals surface area contributed by atoms with Gasteiger partial charge >= 0.3 is 0 Å². The van der Waals surface area contributed by atoms with Gasteiger partial charge in [-0.25, -0.2) is 4.68 Å². The maximum Gasteiger partial charge on any atom is 0.276 e. The predicted molar refractivity (Wildman–Crippen MR) is 109 cm³/mol. The van der Waals surface area contributed by atoms with E-state index in [4.69, 9.17) is 4.74 Å². The number of aromatic nitrogens is 3. The first kappa shape index (κ1) is 21.7. The Morgan fingerprint density at radius 2 is 1.90 bits per heavy atom. The first-order chi connectivity index (χ1) is 13.8. The standard InChI is InChI=1S/C21H35N5O3/c1-5-25(6-2)20(28)18-14-26(24-23-18)17-9-7-16(8-10-17)22-19(27)15-11-12-29-21(3,4)13-15/h14-17H,5-13H2,1-4H3,(H,22,27)/t15-,16?,17?/m0/s1. The molecule has 2 amide bonds. The number of nitrogens with zero attached hydrogens (tertiary/aromatic N) is 4. The van der Waals surface area contributed by atoms with Crippen LogP contribution in [0.25, 0.3) is 0 Å². The number of rotatable bonds is 6. The smallest absolute Gasteiger partial charge is 0.276 e. The molecule has 2 fully saturated rings. The van der Waals surface area contributed by atoms with Gasteiger partial charge in [0.2, 0.25) is 5.91 Å². The van der Waals surface area contributed by atoms with Gasteiger partial charge in [-0.05, 0) is 66.2 Å². The highest BCUT2D eigenvalue weighted by Crippen LogP contribution is 2.31. The molecule has 1 atom stereocenters. The molecule has 1 saturated carbocycles. The summed E-state index contributed by atoms with van der Waals surface area (Å²) in [4.78, 5) is 26.8. The van der Waals surface area contributed by atoms with Crippen LogP contribution in [0.3, 0.4) is 0 Å². The summed E-state index contributed by atoms with van der Waals surface area (Å²) in [5.74, 6) is 0.139. The molecule has 1 saturated heterocycles. The highest BCUT2D eigenvalue weighted by Gasteiger charge is 2.34. The minimum Gasteiger partial charge on any atom is -0.376 e. The van der Waals surface area contributed by atoms with Crippen molar-refractivity contribution < 1.29 is 14.3 Å². The zero-order valence-electron chi connectivity index (χ0n) is 18.2. The third kappa shape index (κ3) is 5.35. The predicted octanol–water partition coefficient (Wildman–Crippen LogP) is 2.57. The molecule has 1 aromatic rings. The molecule has 0 spiro atoms. The lowest BCUT2D eigenvalue weighted by molar-refractivity contribution is -0.136. The van der Waals surface area contributed by atoms with E-state index < -0.39 is 0 Å². The monoisotopic (exact) mass is 405 g/mol. The summed E-state index contributed by atoms with van der Waals surface area (Å²) in [5, 5.41) is 11.5. The van der Waals surface area contributed by atoms with E-state index in [1.807, 2.05) is 18.5 Å². The van der Waals surface area contributed by atoms with Gasteiger partial charge < -0.3 is 15.0 Å². The molecule has 2 aliphatic rings. The van der Waals surface area contributed by atoms with Crippen LogP contribution in [0.5, 0.6) is 0 Å². The lowest BCUT2D eigenvalue weighted by atomic mass is 9.86. The number of ether oxygens (including phenoxy) is 1. The number of carbonyl (C=O) groups excluding carboxylic acids is 2. The molecule has 162 valence electrons. The third-order valence-electron chi connectivity index (χ3n) is 6.27. The average molecular weight is 406 g/mol. The molecule has 3 rings (SSSR count). The number of carbonyl (C=O) groups is 2. The molecule has 1 aliphatic heterocycles. The van der Waals surface area contributed by atoms with Gasteiger partial charge in [0.05, 0.1) is 17.8 Å². The van der Waals surface area contributed by atoms with Crippen LogP contribution in [0.4, 0.5) is 0 Å². The summed E-state index contributed by atoms with van der Waals surface area (Å²) in [6.07, 6.45) is 7.03. The van der Waals surface area contributed by atoms with Crippen LogP contribution >= 0.6 is 0 Å². The highest BCUT2D eigenvalue weighted by atomic mass is 16.5. The van der Waals surface area contributed by atoms with Gasteiger partial charge in [0.1, 0.15) is 0 Å². The van der Waals surface area contributed by atoms with Crippen LogP contribution < -0.4 is 5.32 Å². The summed E-state index contributed by atoms with van der Waals surface area (Å²) in [6, 6.07) is 0.445. The Labute approximate surface area is 173 Å². The van der Waals surface area contributed by atoms with E-state index in [-0.39, 0.29) is 35.4 Å². The summed E-state index contributed by atoms with van der Waals surface area (Å²) in [5.41, 5.74) is 0.192. The second-order valence-electron chi connectivity index (χ2n) is 8.87. The minimum atomic E-state index is -0.217. The van der Waals surface area contributed by atoms with Crippen LogP contribution in [0, 0.1) is 5.92 Å². The van der Waals surface area contributed by atoms with Gasteiger partial charge in [0.25, 0.3) is 5.91 Å². The number of hydrogen-bond donors (Lipinski definition) is 1. The maximum atomic E-state index is 12.7. The quantitative estimate of drug-likeness (QED) is 0.786. The largest absolute Gasteiger partial charge is 0.376 e. The van der Waals surface area contributed by atoms with Crippen molar-refractivity contribution in [2.75, 3.05) is 19.7 Å². The first-order valence-electron chi connectivity index (χ1n) is 11.0. The fraction of sp³-hybridized carbons (Fsp3) is 0.810. The summed E-state index contributed by atoms with van der Waals surface area (Å²) < 4.78 is 7.55. The zero-order valence-corrected chi connectivity index (χ0v) is 18.2. The highest BCUT2D eigenvalue weighted by molar-refractivity contribution is 5.91. The van der Waals surface area contributed by atoms with Crippen molar-refractivity contribution in [1.82, 2.24) is 25.2 Å². The van der Waals surface area contributed by atoms with Gasteiger partial charge in [-0.1, -0.05) is 5.21 Å². The molecule has 0 radical (unpaired) electrons. The molecular formula is C21H35N5O3. The van der Waals surface area contributed by atoms with Crippen LogP contribution in [0.1, 0.15) is 82.8 Å². The average Bonchev–Trinajstić information content (AvgIpc) is 3.19. The third-order valence-corrected chi connectivity index (χ3v) is 6.27. The Kier molecular flexibility index (Phi) is 6.93. The molecule has 1 N–H and O–H groups in total. The van der Waals surface area contributed by atoms with Crippen LogP contribution in [-0.2, 0) is 9.53 Å². The molecule has 8 nitrogen and oxygen atoms in total. The van der Waals surface area contributed by atoms with Crippen molar-refractivity contribution in [2.45, 2.75) is 83.9 Å². The van der Waals surface area contributed by atoms with Gasteiger partial charge in [-0.2, -0.15) is 0 Å². The van der Waals surface area contributed by atoms with Crippen LogP contribution in [0.15, 0.2) is 6.20 Å².